The Balaban J connectivity index is 2.05. The Hall–Kier alpha value is -1.27. The molecule has 0 aliphatic heterocycles. The summed E-state index contributed by atoms with van der Waals surface area (Å²) in [6.45, 7) is 0.452. The van der Waals surface area contributed by atoms with Gasteiger partial charge in [-0.15, -0.1) is 11.6 Å². The van der Waals surface area contributed by atoms with Crippen LogP contribution in [0.2, 0.25) is 0 Å². The Morgan fingerprint density at radius 3 is 2.50 bits per heavy atom. The Morgan fingerprint density at radius 2 is 1.85 bits per heavy atom. The molecule has 20 heavy (non-hydrogen) atoms. The Bertz CT molecular complexity index is 587. The number of carbonyl (C=O) groups is 1. The molecule has 0 atom stereocenters. The van der Waals surface area contributed by atoms with Crippen LogP contribution in [0, 0.1) is 3.57 Å². The number of halogens is 2. The van der Waals surface area contributed by atoms with Crippen molar-refractivity contribution in [3.05, 3.63) is 52.1 Å². The van der Waals surface area contributed by atoms with Gasteiger partial charge in [-0.3, -0.25) is 0 Å². The number of alkyl halides is 1. The molecule has 0 heterocycles. The lowest BCUT2D eigenvalue weighted by Gasteiger charge is -2.08. The van der Waals surface area contributed by atoms with E-state index in [1.165, 1.54) is 3.57 Å². The summed E-state index contributed by atoms with van der Waals surface area (Å²) in [6.07, 6.45) is 0. The van der Waals surface area contributed by atoms with Crippen molar-refractivity contribution < 1.29 is 4.79 Å². The van der Waals surface area contributed by atoms with E-state index in [9.17, 15) is 4.79 Å². The van der Waals surface area contributed by atoms with Crippen LogP contribution in [0.4, 0.5) is 10.5 Å². The highest BCUT2D eigenvalue weighted by Crippen LogP contribution is 2.22. The van der Waals surface area contributed by atoms with Crippen LogP contribution in [0.3, 0.4) is 0 Å². The second-order valence-electron chi connectivity index (χ2n) is 4.16. The van der Waals surface area contributed by atoms with Gasteiger partial charge in [0.1, 0.15) is 0 Å². The molecule has 0 saturated carbocycles. The van der Waals surface area contributed by atoms with E-state index in [1.807, 2.05) is 30.3 Å². The Labute approximate surface area is 136 Å². The van der Waals surface area contributed by atoms with Gasteiger partial charge in [0.25, 0.3) is 0 Å². The number of amides is 2. The first-order valence-electron chi connectivity index (χ1n) is 6.16. The normalized spacial score (nSPS) is 10.1. The number of anilines is 1. The molecule has 0 spiro atoms. The van der Waals surface area contributed by atoms with Gasteiger partial charge in [-0.1, -0.05) is 24.3 Å². The summed E-state index contributed by atoms with van der Waals surface area (Å²) in [5, 5.41) is 5.41. The van der Waals surface area contributed by atoms with E-state index in [4.69, 9.17) is 11.6 Å². The molecule has 0 aliphatic rings. The monoisotopic (exact) mass is 400 g/mol. The summed E-state index contributed by atoms with van der Waals surface area (Å²) < 4.78 is 1.20. The quantitative estimate of drug-likeness (QED) is 0.582. The van der Waals surface area contributed by atoms with Crippen molar-refractivity contribution in [3.63, 3.8) is 0 Å². The summed E-state index contributed by atoms with van der Waals surface area (Å²) in [5.74, 6) is 0.402. The van der Waals surface area contributed by atoms with Crippen LogP contribution in [-0.4, -0.2) is 18.5 Å². The second kappa shape index (κ2) is 7.50. The van der Waals surface area contributed by atoms with Gasteiger partial charge in [-0.25, -0.2) is 4.79 Å². The topological polar surface area (TPSA) is 41.1 Å². The lowest BCUT2D eigenvalue weighted by atomic mass is 10.1. The smallest absolute Gasteiger partial charge is 0.319 e. The van der Waals surface area contributed by atoms with E-state index in [0.29, 0.717) is 12.4 Å². The van der Waals surface area contributed by atoms with E-state index in [0.717, 1.165) is 16.8 Å². The highest BCUT2D eigenvalue weighted by Gasteiger charge is 2.02. The van der Waals surface area contributed by atoms with Gasteiger partial charge in [-0.05, 0) is 58.0 Å². The fourth-order valence-electron chi connectivity index (χ4n) is 1.75. The molecule has 0 fully saturated rings. The van der Waals surface area contributed by atoms with Gasteiger partial charge in [0, 0.05) is 21.7 Å². The third-order valence-electron chi connectivity index (χ3n) is 2.68. The summed E-state index contributed by atoms with van der Waals surface area (Å²) in [6, 6.07) is 15.8. The van der Waals surface area contributed by atoms with E-state index >= 15 is 0 Å². The van der Waals surface area contributed by atoms with Crippen molar-refractivity contribution in [2.75, 3.05) is 17.7 Å². The van der Waals surface area contributed by atoms with Gasteiger partial charge in [0.2, 0.25) is 0 Å². The van der Waals surface area contributed by atoms with Gasteiger partial charge in [0.05, 0.1) is 0 Å². The van der Waals surface area contributed by atoms with Gasteiger partial charge >= 0.3 is 6.03 Å². The highest BCUT2D eigenvalue weighted by atomic mass is 127. The van der Waals surface area contributed by atoms with Crippen LogP contribution < -0.4 is 10.6 Å². The molecule has 0 aromatic heterocycles. The molecule has 2 aromatic rings. The minimum atomic E-state index is -0.243. The zero-order valence-electron chi connectivity index (χ0n) is 10.7. The summed E-state index contributed by atoms with van der Waals surface area (Å²) in [4.78, 5) is 11.5. The molecule has 2 aromatic carbocycles. The van der Waals surface area contributed by atoms with Gasteiger partial charge in [0.15, 0.2) is 0 Å². The fourth-order valence-corrected chi connectivity index (χ4v) is 2.39. The minimum absolute atomic E-state index is 0.243. The summed E-state index contributed by atoms with van der Waals surface area (Å²) in [7, 11) is 0. The van der Waals surface area contributed by atoms with Crippen molar-refractivity contribution in [3.8, 4) is 11.1 Å². The summed E-state index contributed by atoms with van der Waals surface area (Å²) >= 11 is 7.80. The lowest BCUT2D eigenvalue weighted by Crippen LogP contribution is -2.30. The lowest BCUT2D eigenvalue weighted by molar-refractivity contribution is 0.252. The first kappa shape index (κ1) is 15.1. The minimum Gasteiger partial charge on any atom is -0.337 e. The van der Waals surface area contributed by atoms with Crippen LogP contribution in [-0.2, 0) is 0 Å². The van der Waals surface area contributed by atoms with Crippen LogP contribution in [0.1, 0.15) is 0 Å². The van der Waals surface area contributed by atoms with E-state index < -0.39 is 0 Å². The maximum absolute atomic E-state index is 11.5. The number of urea groups is 1. The largest absolute Gasteiger partial charge is 0.337 e. The van der Waals surface area contributed by atoms with Gasteiger partial charge < -0.3 is 10.6 Å². The Kier molecular flexibility index (Phi) is 5.67. The van der Waals surface area contributed by atoms with Crippen molar-refractivity contribution in [2.24, 2.45) is 0 Å². The molecule has 5 heteroatoms. The summed E-state index contributed by atoms with van der Waals surface area (Å²) in [5.41, 5.74) is 3.04. The van der Waals surface area contributed by atoms with Crippen LogP contribution in [0.5, 0.6) is 0 Å². The molecular formula is C15H14ClIN2O. The first-order chi connectivity index (χ1) is 9.69. The molecule has 2 rings (SSSR count). The van der Waals surface area contributed by atoms with E-state index in [1.54, 1.807) is 0 Å². The van der Waals surface area contributed by atoms with Crippen LogP contribution in [0.25, 0.3) is 11.1 Å². The maximum atomic E-state index is 11.5. The molecule has 2 amide bonds. The predicted octanol–water partition coefficient (Wildman–Crippen LogP) is 4.32. The number of hydrogen-bond acceptors (Lipinski definition) is 1. The van der Waals surface area contributed by atoms with Crippen molar-refractivity contribution in [2.45, 2.75) is 0 Å². The Morgan fingerprint density at radius 1 is 1.10 bits per heavy atom. The average Bonchev–Trinajstić information content (AvgIpc) is 2.46. The van der Waals surface area contributed by atoms with Crippen LogP contribution >= 0.6 is 34.2 Å². The number of carbonyl (C=O) groups excluding carboxylic acids is 1. The number of rotatable bonds is 4. The van der Waals surface area contributed by atoms with Crippen molar-refractivity contribution in [1.82, 2.24) is 5.32 Å². The first-order valence-corrected chi connectivity index (χ1v) is 7.77. The molecule has 0 saturated heterocycles. The van der Waals surface area contributed by atoms with Crippen molar-refractivity contribution >= 4 is 45.9 Å². The fraction of sp³-hybridized carbons (Fsp3) is 0.133. The molecule has 0 bridgehead atoms. The SMILES string of the molecule is O=C(NCCCl)Nc1ccc(-c2cccc(I)c2)cc1. The van der Waals surface area contributed by atoms with E-state index in [-0.39, 0.29) is 6.03 Å². The van der Waals surface area contributed by atoms with Crippen molar-refractivity contribution in [1.29, 1.82) is 0 Å². The molecule has 0 aliphatic carbocycles. The standard InChI is InChI=1S/C15H14ClIN2O/c16-8-9-18-15(20)19-14-6-4-11(5-7-14)12-2-1-3-13(17)10-12/h1-7,10H,8-9H2,(H2,18,19,20). The highest BCUT2D eigenvalue weighted by molar-refractivity contribution is 14.1. The predicted molar refractivity (Wildman–Crippen MR) is 92.3 cm³/mol. The molecule has 3 nitrogen and oxygen atoms in total. The molecular weight excluding hydrogens is 387 g/mol. The zero-order chi connectivity index (χ0) is 14.4. The molecule has 2 N–H and O–H groups in total. The second-order valence-corrected chi connectivity index (χ2v) is 5.78. The third kappa shape index (κ3) is 4.38. The maximum Gasteiger partial charge on any atom is 0.319 e. The van der Waals surface area contributed by atoms with Crippen LogP contribution in [0.15, 0.2) is 48.5 Å². The number of hydrogen-bond donors (Lipinski definition) is 2. The number of nitrogens with one attached hydrogen (secondary N) is 2. The number of benzene rings is 2. The molecule has 0 radical (unpaired) electrons. The molecule has 104 valence electrons. The third-order valence-corrected chi connectivity index (χ3v) is 3.54. The average molecular weight is 401 g/mol. The zero-order valence-corrected chi connectivity index (χ0v) is 13.6. The van der Waals surface area contributed by atoms with Gasteiger partial charge in [-0.2, -0.15) is 0 Å². The molecule has 0 unspecified atom stereocenters. The van der Waals surface area contributed by atoms with E-state index in [2.05, 4.69) is 51.4 Å².